The van der Waals surface area contributed by atoms with Crippen molar-refractivity contribution in [2.45, 2.75) is 13.3 Å². The second kappa shape index (κ2) is 9.49. The summed E-state index contributed by atoms with van der Waals surface area (Å²) in [4.78, 5) is 41.8. The lowest BCUT2D eigenvalue weighted by molar-refractivity contribution is -0.116. The van der Waals surface area contributed by atoms with Crippen LogP contribution in [-0.4, -0.2) is 73.7 Å². The molecule has 2 saturated heterocycles. The first-order valence-electron chi connectivity index (χ1n) is 10.3. The van der Waals surface area contributed by atoms with Gasteiger partial charge < -0.3 is 24.6 Å². The lowest BCUT2D eigenvalue weighted by Crippen LogP contribution is -2.41. The van der Waals surface area contributed by atoms with E-state index in [-0.39, 0.29) is 24.8 Å². The molecule has 4 rings (SSSR count). The van der Waals surface area contributed by atoms with Crippen LogP contribution in [0.5, 0.6) is 0 Å². The Balaban J connectivity index is 1.57. The van der Waals surface area contributed by atoms with Crippen LogP contribution in [0.4, 0.5) is 9.80 Å². The van der Waals surface area contributed by atoms with Gasteiger partial charge in [-0.2, -0.15) is 0 Å². The number of morpholine rings is 1. The molecule has 1 aromatic heterocycles. The summed E-state index contributed by atoms with van der Waals surface area (Å²) in [5.41, 5.74) is 2.38. The number of benzene rings is 1. The lowest BCUT2D eigenvalue weighted by atomic mass is 10.1. The molecule has 1 N–H and O–H groups in total. The Morgan fingerprint density at radius 2 is 1.84 bits per heavy atom. The molecule has 0 bridgehead atoms. The number of rotatable bonds is 6. The van der Waals surface area contributed by atoms with Gasteiger partial charge in [0.15, 0.2) is 0 Å². The summed E-state index contributed by atoms with van der Waals surface area (Å²) < 4.78 is 10.3. The van der Waals surface area contributed by atoms with E-state index >= 15 is 0 Å². The number of hydrogen-bond donors (Lipinski definition) is 1. The Hall–Kier alpha value is -2.91. The average molecular weight is 444 g/mol. The number of amides is 3. The van der Waals surface area contributed by atoms with Gasteiger partial charge in [0.25, 0.3) is 5.91 Å². The number of anilines is 1. The van der Waals surface area contributed by atoms with Crippen molar-refractivity contribution >= 4 is 34.2 Å². The van der Waals surface area contributed by atoms with Crippen molar-refractivity contribution in [3.05, 3.63) is 41.5 Å². The van der Waals surface area contributed by atoms with E-state index in [1.54, 1.807) is 4.90 Å². The largest absolute Gasteiger partial charge is 0.448 e. The Morgan fingerprint density at radius 3 is 2.52 bits per heavy atom. The number of nitrogens with one attached hydrogen (secondary N) is 1. The Morgan fingerprint density at radius 1 is 1.10 bits per heavy atom. The van der Waals surface area contributed by atoms with E-state index < -0.39 is 6.09 Å². The number of carbonyl (C=O) groups excluding carboxylic acids is 3. The van der Waals surface area contributed by atoms with Gasteiger partial charge in [-0.3, -0.25) is 9.59 Å². The van der Waals surface area contributed by atoms with Gasteiger partial charge in [-0.15, -0.1) is 11.3 Å². The summed E-state index contributed by atoms with van der Waals surface area (Å²) in [7, 11) is 0. The molecule has 2 aliphatic rings. The van der Waals surface area contributed by atoms with Crippen LogP contribution in [0.15, 0.2) is 30.3 Å². The molecule has 2 fully saturated rings. The van der Waals surface area contributed by atoms with E-state index in [2.05, 4.69) is 5.32 Å². The molecule has 0 unspecified atom stereocenters. The summed E-state index contributed by atoms with van der Waals surface area (Å²) >= 11 is 1.40. The molecule has 3 amide bonds. The van der Waals surface area contributed by atoms with Gasteiger partial charge in [0.1, 0.15) is 11.6 Å². The van der Waals surface area contributed by atoms with Crippen molar-refractivity contribution in [1.82, 2.24) is 9.80 Å². The van der Waals surface area contributed by atoms with Crippen LogP contribution in [0.25, 0.3) is 10.4 Å². The molecule has 0 saturated carbocycles. The van der Waals surface area contributed by atoms with E-state index in [9.17, 15) is 14.4 Å². The summed E-state index contributed by atoms with van der Waals surface area (Å²) in [5.74, 6) is -0.339. The minimum Gasteiger partial charge on any atom is -0.448 e. The van der Waals surface area contributed by atoms with Gasteiger partial charge in [0.2, 0.25) is 5.91 Å². The second-order valence-electron chi connectivity index (χ2n) is 7.43. The number of ether oxygens (including phenoxy) is 2. The van der Waals surface area contributed by atoms with Crippen LogP contribution in [0, 0.1) is 6.92 Å². The van der Waals surface area contributed by atoms with Crippen LogP contribution < -0.4 is 5.32 Å². The Bertz CT molecular complexity index is 969. The fourth-order valence-electron chi connectivity index (χ4n) is 3.70. The molecular weight excluding hydrogens is 418 g/mol. The Kier molecular flexibility index (Phi) is 6.53. The zero-order chi connectivity index (χ0) is 21.8. The quantitative estimate of drug-likeness (QED) is 0.742. The monoisotopic (exact) mass is 443 g/mol. The predicted molar refractivity (Wildman–Crippen MR) is 117 cm³/mol. The summed E-state index contributed by atoms with van der Waals surface area (Å²) in [6.45, 7) is 5.11. The second-order valence-corrected chi connectivity index (χ2v) is 8.45. The number of hydrogen-bond acceptors (Lipinski definition) is 6. The van der Waals surface area contributed by atoms with Crippen molar-refractivity contribution in [2.24, 2.45) is 0 Å². The molecule has 0 radical (unpaired) electrons. The SMILES string of the molecule is Cc1c(-c2ccccc2)sc(NC(=O)CCN2CCOC2=O)c1C(=O)N1CCOCC1. The zero-order valence-electron chi connectivity index (χ0n) is 17.4. The third-order valence-electron chi connectivity index (χ3n) is 5.40. The highest BCUT2D eigenvalue weighted by Crippen LogP contribution is 2.40. The summed E-state index contributed by atoms with van der Waals surface area (Å²) in [6, 6.07) is 9.83. The highest BCUT2D eigenvalue weighted by molar-refractivity contribution is 7.20. The van der Waals surface area contributed by atoms with Gasteiger partial charge in [-0.1, -0.05) is 30.3 Å². The van der Waals surface area contributed by atoms with Crippen molar-refractivity contribution in [2.75, 3.05) is 51.3 Å². The third kappa shape index (κ3) is 4.72. The number of thiophene rings is 1. The third-order valence-corrected chi connectivity index (χ3v) is 6.66. The van der Waals surface area contributed by atoms with Crippen LogP contribution in [0.2, 0.25) is 0 Å². The number of cyclic esters (lactones) is 1. The van der Waals surface area contributed by atoms with E-state index in [0.717, 1.165) is 16.0 Å². The highest BCUT2D eigenvalue weighted by Gasteiger charge is 2.28. The molecule has 8 nitrogen and oxygen atoms in total. The van der Waals surface area contributed by atoms with Gasteiger partial charge in [0.05, 0.1) is 25.3 Å². The minimum atomic E-state index is -0.394. The fourth-order valence-corrected chi connectivity index (χ4v) is 4.92. The zero-order valence-corrected chi connectivity index (χ0v) is 18.2. The van der Waals surface area contributed by atoms with Gasteiger partial charge in [-0.05, 0) is 18.1 Å². The maximum Gasteiger partial charge on any atom is 0.409 e. The number of nitrogens with zero attached hydrogens (tertiary/aromatic N) is 2. The predicted octanol–water partition coefficient (Wildman–Crippen LogP) is 2.98. The molecular formula is C22H25N3O5S. The molecule has 2 aromatic rings. The lowest BCUT2D eigenvalue weighted by Gasteiger charge is -2.27. The number of carbonyl (C=O) groups is 3. The maximum absolute atomic E-state index is 13.3. The average Bonchev–Trinajstić information content (AvgIpc) is 3.35. The molecule has 9 heteroatoms. The fraction of sp³-hybridized carbons (Fsp3) is 0.409. The molecule has 31 heavy (non-hydrogen) atoms. The smallest absolute Gasteiger partial charge is 0.409 e. The van der Waals surface area contributed by atoms with E-state index in [1.165, 1.54) is 16.2 Å². The van der Waals surface area contributed by atoms with Crippen LogP contribution in [0.1, 0.15) is 22.3 Å². The summed E-state index contributed by atoms with van der Waals surface area (Å²) in [5, 5.41) is 3.47. The Labute approximate surface area is 184 Å². The molecule has 0 atom stereocenters. The molecule has 0 aliphatic carbocycles. The molecule has 164 valence electrons. The van der Waals surface area contributed by atoms with Gasteiger partial charge >= 0.3 is 6.09 Å². The van der Waals surface area contributed by atoms with Crippen molar-refractivity contribution in [3.8, 4) is 10.4 Å². The van der Waals surface area contributed by atoms with Crippen molar-refractivity contribution in [1.29, 1.82) is 0 Å². The molecule has 1 aromatic carbocycles. The van der Waals surface area contributed by atoms with Crippen LogP contribution >= 0.6 is 11.3 Å². The first-order chi connectivity index (χ1) is 15.0. The maximum atomic E-state index is 13.3. The van der Waals surface area contributed by atoms with Crippen LogP contribution in [0.3, 0.4) is 0 Å². The first kappa shape index (κ1) is 21.3. The van der Waals surface area contributed by atoms with E-state index in [0.29, 0.717) is 50.0 Å². The topological polar surface area (TPSA) is 88.2 Å². The summed E-state index contributed by atoms with van der Waals surface area (Å²) in [6.07, 6.45) is -0.257. The molecule has 3 heterocycles. The van der Waals surface area contributed by atoms with Crippen molar-refractivity contribution < 1.29 is 23.9 Å². The minimum absolute atomic E-state index is 0.0994. The van der Waals surface area contributed by atoms with Crippen molar-refractivity contribution in [3.63, 3.8) is 0 Å². The first-order valence-corrected chi connectivity index (χ1v) is 11.1. The standard InChI is InChI=1S/C22H25N3O5S/c1-15-18(21(27)24-9-12-29-13-10-24)20(31-19(15)16-5-3-2-4-6-16)23-17(26)7-8-25-11-14-30-22(25)28/h2-6H,7-14H2,1H3,(H,23,26). The highest BCUT2D eigenvalue weighted by atomic mass is 32.1. The molecule has 2 aliphatic heterocycles. The van der Waals surface area contributed by atoms with E-state index in [1.807, 2.05) is 37.3 Å². The van der Waals surface area contributed by atoms with Gasteiger partial charge in [-0.25, -0.2) is 4.79 Å². The van der Waals surface area contributed by atoms with E-state index in [4.69, 9.17) is 9.47 Å². The normalized spacial score (nSPS) is 16.4. The van der Waals surface area contributed by atoms with Gasteiger partial charge in [0, 0.05) is 30.9 Å². The molecule has 0 spiro atoms. The van der Waals surface area contributed by atoms with Crippen LogP contribution in [-0.2, 0) is 14.3 Å².